The number of nitrogens with two attached hydrogens (primary N) is 1. The van der Waals surface area contributed by atoms with Crippen molar-refractivity contribution >= 4 is 11.7 Å². The van der Waals surface area contributed by atoms with E-state index >= 15 is 0 Å². The van der Waals surface area contributed by atoms with E-state index in [0.717, 1.165) is 5.69 Å². The summed E-state index contributed by atoms with van der Waals surface area (Å²) in [6, 6.07) is 6.24. The summed E-state index contributed by atoms with van der Waals surface area (Å²) in [6.45, 7) is 1.78. The number of aromatic carboxylic acids is 1. The fourth-order valence-electron chi connectivity index (χ4n) is 1.61. The summed E-state index contributed by atoms with van der Waals surface area (Å²) in [6.07, 6.45) is 0. The fourth-order valence-corrected chi connectivity index (χ4v) is 1.61. The lowest BCUT2D eigenvalue weighted by Crippen LogP contribution is -2.07. The molecular weight excluding hydrogens is 262 g/mol. The summed E-state index contributed by atoms with van der Waals surface area (Å²) in [4.78, 5) is 11.3. The zero-order valence-corrected chi connectivity index (χ0v) is 11.0. The molecule has 0 bridgehead atoms. The van der Waals surface area contributed by atoms with Gasteiger partial charge in [-0.25, -0.2) is 4.79 Å². The lowest BCUT2D eigenvalue weighted by molar-refractivity contribution is 0.0694. The van der Waals surface area contributed by atoms with Gasteiger partial charge in [-0.05, 0) is 25.1 Å². The molecule has 20 heavy (non-hydrogen) atoms. The molecule has 0 aliphatic rings. The molecule has 0 fully saturated rings. The van der Waals surface area contributed by atoms with Gasteiger partial charge in [-0.2, -0.15) is 5.10 Å². The van der Waals surface area contributed by atoms with Gasteiger partial charge in [0.2, 0.25) is 5.88 Å². The minimum Gasteiger partial charge on any atom is -0.493 e. The number of carboxylic acids is 1. The summed E-state index contributed by atoms with van der Waals surface area (Å²) < 4.78 is 10.6. The quantitative estimate of drug-likeness (QED) is 0.820. The molecule has 0 spiro atoms. The summed E-state index contributed by atoms with van der Waals surface area (Å²) >= 11 is 0. The Morgan fingerprint density at radius 2 is 2.00 bits per heavy atom. The number of carboxylic acid groups (broad SMARTS) is 1. The molecule has 0 unspecified atom stereocenters. The number of methoxy groups -OCH3 is 1. The van der Waals surface area contributed by atoms with Gasteiger partial charge in [-0.3, -0.25) is 0 Å². The van der Waals surface area contributed by atoms with Crippen LogP contribution in [-0.4, -0.2) is 28.4 Å². The van der Waals surface area contributed by atoms with Gasteiger partial charge in [-0.15, -0.1) is 5.10 Å². The highest BCUT2D eigenvalue weighted by Crippen LogP contribution is 2.37. The Morgan fingerprint density at radius 3 is 2.55 bits per heavy atom. The molecule has 2 aromatic rings. The molecule has 0 amide bonds. The molecular formula is C13H13N3O4. The van der Waals surface area contributed by atoms with Crippen molar-refractivity contribution in [1.29, 1.82) is 0 Å². The third kappa shape index (κ3) is 2.61. The average molecular weight is 275 g/mol. The SMILES string of the molecule is COc1ccc(N)c(C(=O)O)c1Oc1ccc(C)nn1. The Bertz CT molecular complexity index is 641. The molecule has 7 heteroatoms. The number of aromatic nitrogens is 2. The van der Waals surface area contributed by atoms with Crippen molar-refractivity contribution in [2.45, 2.75) is 6.92 Å². The maximum atomic E-state index is 11.3. The number of nitrogens with zero attached hydrogens (tertiary/aromatic N) is 2. The molecule has 3 N–H and O–H groups in total. The van der Waals surface area contributed by atoms with Gasteiger partial charge < -0.3 is 20.3 Å². The van der Waals surface area contributed by atoms with Crippen LogP contribution in [0, 0.1) is 6.92 Å². The molecule has 0 atom stereocenters. The first-order valence-electron chi connectivity index (χ1n) is 5.71. The standard InChI is InChI=1S/C13H13N3O4/c1-7-3-6-10(16-15-7)20-12-9(19-2)5-4-8(14)11(12)13(17)18/h3-6H,14H2,1-2H3,(H,17,18). The van der Waals surface area contributed by atoms with Crippen molar-refractivity contribution in [2.24, 2.45) is 0 Å². The Labute approximate surface area is 115 Å². The van der Waals surface area contributed by atoms with Crippen LogP contribution in [0.4, 0.5) is 5.69 Å². The van der Waals surface area contributed by atoms with Crippen molar-refractivity contribution in [3.05, 3.63) is 35.5 Å². The van der Waals surface area contributed by atoms with E-state index in [1.165, 1.54) is 19.2 Å². The first-order chi connectivity index (χ1) is 9.52. The van der Waals surface area contributed by atoms with Gasteiger partial charge in [-0.1, -0.05) is 0 Å². The summed E-state index contributed by atoms with van der Waals surface area (Å²) in [5.74, 6) is -0.810. The Morgan fingerprint density at radius 1 is 1.25 bits per heavy atom. The number of ether oxygens (including phenoxy) is 2. The van der Waals surface area contributed by atoms with E-state index in [1.54, 1.807) is 19.1 Å². The van der Waals surface area contributed by atoms with Gasteiger partial charge in [0.05, 0.1) is 18.5 Å². The summed E-state index contributed by atoms with van der Waals surface area (Å²) in [5.41, 5.74) is 6.29. The molecule has 1 heterocycles. The van der Waals surface area contributed by atoms with Crippen LogP contribution in [-0.2, 0) is 0 Å². The van der Waals surface area contributed by atoms with Crippen molar-refractivity contribution in [1.82, 2.24) is 10.2 Å². The van der Waals surface area contributed by atoms with Crippen LogP contribution >= 0.6 is 0 Å². The molecule has 1 aromatic carbocycles. The number of benzene rings is 1. The molecule has 1 aromatic heterocycles. The molecule has 7 nitrogen and oxygen atoms in total. The Kier molecular flexibility index (Phi) is 3.69. The number of hydrogen-bond donors (Lipinski definition) is 2. The number of carbonyl (C=O) groups is 1. The Hall–Kier alpha value is -2.83. The van der Waals surface area contributed by atoms with Gasteiger partial charge in [0.15, 0.2) is 11.5 Å². The normalized spacial score (nSPS) is 10.1. The second-order valence-corrected chi connectivity index (χ2v) is 3.98. The highest BCUT2D eigenvalue weighted by Gasteiger charge is 2.21. The van der Waals surface area contributed by atoms with E-state index in [-0.39, 0.29) is 28.6 Å². The first kappa shape index (κ1) is 13.6. The van der Waals surface area contributed by atoms with E-state index in [2.05, 4.69) is 10.2 Å². The minimum absolute atomic E-state index is 0.00171. The van der Waals surface area contributed by atoms with E-state index in [9.17, 15) is 9.90 Å². The fraction of sp³-hybridized carbons (Fsp3) is 0.154. The lowest BCUT2D eigenvalue weighted by Gasteiger charge is -2.13. The first-order valence-corrected chi connectivity index (χ1v) is 5.71. The van der Waals surface area contributed by atoms with Crippen LogP contribution in [0.25, 0.3) is 0 Å². The molecule has 0 aliphatic heterocycles. The monoisotopic (exact) mass is 275 g/mol. The van der Waals surface area contributed by atoms with E-state index in [1.807, 2.05) is 0 Å². The topological polar surface area (TPSA) is 108 Å². The molecule has 0 saturated heterocycles. The van der Waals surface area contributed by atoms with Gasteiger partial charge >= 0.3 is 5.97 Å². The highest BCUT2D eigenvalue weighted by molar-refractivity contribution is 5.98. The lowest BCUT2D eigenvalue weighted by atomic mass is 10.1. The smallest absolute Gasteiger partial charge is 0.341 e. The number of anilines is 1. The van der Waals surface area contributed by atoms with Crippen molar-refractivity contribution < 1.29 is 19.4 Å². The number of nitrogen functional groups attached to an aromatic ring is 1. The minimum atomic E-state index is -1.21. The van der Waals surface area contributed by atoms with Crippen molar-refractivity contribution in [2.75, 3.05) is 12.8 Å². The van der Waals surface area contributed by atoms with Crippen LogP contribution in [0.3, 0.4) is 0 Å². The highest BCUT2D eigenvalue weighted by atomic mass is 16.5. The third-order valence-electron chi connectivity index (χ3n) is 2.57. The van der Waals surface area contributed by atoms with Crippen LogP contribution in [0.1, 0.15) is 16.1 Å². The molecule has 104 valence electrons. The van der Waals surface area contributed by atoms with E-state index < -0.39 is 5.97 Å². The molecule has 0 radical (unpaired) electrons. The molecule has 0 saturated carbocycles. The zero-order chi connectivity index (χ0) is 14.7. The van der Waals surface area contributed by atoms with Gasteiger partial charge in [0.25, 0.3) is 0 Å². The van der Waals surface area contributed by atoms with Gasteiger partial charge in [0.1, 0.15) is 5.56 Å². The second-order valence-electron chi connectivity index (χ2n) is 3.98. The van der Waals surface area contributed by atoms with Crippen molar-refractivity contribution in [3.8, 4) is 17.4 Å². The Balaban J connectivity index is 2.50. The van der Waals surface area contributed by atoms with Gasteiger partial charge in [0, 0.05) is 6.07 Å². The van der Waals surface area contributed by atoms with Crippen molar-refractivity contribution in [3.63, 3.8) is 0 Å². The predicted octanol–water partition coefficient (Wildman–Crippen LogP) is 1.87. The maximum absolute atomic E-state index is 11.3. The maximum Gasteiger partial charge on any atom is 0.341 e. The predicted molar refractivity (Wildman–Crippen MR) is 71.2 cm³/mol. The third-order valence-corrected chi connectivity index (χ3v) is 2.57. The van der Waals surface area contributed by atoms with E-state index in [0.29, 0.717) is 0 Å². The molecule has 2 rings (SSSR count). The summed E-state index contributed by atoms with van der Waals surface area (Å²) in [5, 5.41) is 16.9. The van der Waals surface area contributed by atoms with Crippen LogP contribution in [0.5, 0.6) is 17.4 Å². The largest absolute Gasteiger partial charge is 0.493 e. The van der Waals surface area contributed by atoms with Crippen LogP contribution in [0.2, 0.25) is 0 Å². The van der Waals surface area contributed by atoms with Crippen LogP contribution in [0.15, 0.2) is 24.3 Å². The second kappa shape index (κ2) is 5.43. The number of aryl methyl sites for hydroxylation is 1. The zero-order valence-electron chi connectivity index (χ0n) is 11.0. The van der Waals surface area contributed by atoms with Crippen LogP contribution < -0.4 is 15.2 Å². The number of hydrogen-bond acceptors (Lipinski definition) is 6. The summed E-state index contributed by atoms with van der Waals surface area (Å²) in [7, 11) is 1.41. The number of rotatable bonds is 4. The van der Waals surface area contributed by atoms with E-state index in [4.69, 9.17) is 15.2 Å². The molecule has 0 aliphatic carbocycles. The average Bonchev–Trinajstić information content (AvgIpc) is 2.41.